The van der Waals surface area contributed by atoms with Gasteiger partial charge in [-0.3, -0.25) is 0 Å². The molecule has 0 saturated carbocycles. The van der Waals surface area contributed by atoms with Gasteiger partial charge in [0.2, 0.25) is 11.7 Å². The predicted octanol–water partition coefficient (Wildman–Crippen LogP) is 7.42. The van der Waals surface area contributed by atoms with Crippen LogP contribution in [0.1, 0.15) is 0 Å². The Hall–Kier alpha value is -1.26. The standard InChI is InChI=1S/C10Cl2F16O/c11-9(25,26)7(21,22)5(17,18)1(13)3(15)29-4(16)2(14)6(19,20)8(23,24)10(12,27)28. The summed E-state index contributed by atoms with van der Waals surface area (Å²) in [6, 6.07) is -8.33. The van der Waals surface area contributed by atoms with Crippen molar-refractivity contribution in [3.8, 4) is 0 Å². The van der Waals surface area contributed by atoms with Gasteiger partial charge in [-0.05, 0) is 23.2 Å². The summed E-state index contributed by atoms with van der Waals surface area (Å²) < 4.78 is 205. The van der Waals surface area contributed by atoms with Gasteiger partial charge in [0.05, 0.1) is 0 Å². The van der Waals surface area contributed by atoms with Crippen molar-refractivity contribution in [2.24, 2.45) is 0 Å². The van der Waals surface area contributed by atoms with E-state index in [2.05, 4.69) is 27.9 Å². The molecule has 0 unspecified atom stereocenters. The molecule has 0 aromatic heterocycles. The molecule has 0 aromatic carbocycles. The summed E-state index contributed by atoms with van der Waals surface area (Å²) >= 11 is 7.08. The van der Waals surface area contributed by atoms with Gasteiger partial charge in [0.15, 0.2) is 0 Å². The lowest BCUT2D eigenvalue weighted by Crippen LogP contribution is -2.52. The first-order chi connectivity index (χ1) is 12.4. The Balaban J connectivity index is 6.21. The highest BCUT2D eigenvalue weighted by molar-refractivity contribution is 6.22. The fourth-order valence-electron chi connectivity index (χ4n) is 1.05. The zero-order chi connectivity index (χ0) is 24.0. The maximum Gasteiger partial charge on any atom is 0.393 e. The summed E-state index contributed by atoms with van der Waals surface area (Å²) in [4.78, 5) is 0. The lowest BCUT2D eigenvalue weighted by atomic mass is 10.1. The summed E-state index contributed by atoms with van der Waals surface area (Å²) in [6.45, 7) is 0. The van der Waals surface area contributed by atoms with E-state index in [1.807, 2.05) is 0 Å². The highest BCUT2D eigenvalue weighted by atomic mass is 35.5. The van der Waals surface area contributed by atoms with Gasteiger partial charge in [0.25, 0.3) is 0 Å². The van der Waals surface area contributed by atoms with Crippen molar-refractivity contribution in [2.45, 2.75) is 34.5 Å². The van der Waals surface area contributed by atoms with Crippen LogP contribution < -0.4 is 0 Å². The van der Waals surface area contributed by atoms with E-state index in [1.165, 1.54) is 0 Å². The van der Waals surface area contributed by atoms with Crippen LogP contribution in [0.3, 0.4) is 0 Å². The van der Waals surface area contributed by atoms with Crippen molar-refractivity contribution >= 4 is 23.2 Å². The summed E-state index contributed by atoms with van der Waals surface area (Å²) in [6.07, 6.45) is 0. The van der Waals surface area contributed by atoms with E-state index in [4.69, 9.17) is 0 Å². The minimum atomic E-state index is -7.01. The molecule has 1 nitrogen and oxygen atoms in total. The third-order valence-corrected chi connectivity index (χ3v) is 3.05. The fourth-order valence-corrected chi connectivity index (χ4v) is 1.28. The number of hydrogen-bond donors (Lipinski definition) is 0. The molecule has 0 atom stereocenters. The lowest BCUT2D eigenvalue weighted by molar-refractivity contribution is -0.272. The number of hydrogen-bond acceptors (Lipinski definition) is 1. The zero-order valence-electron chi connectivity index (χ0n) is 12.2. The maximum absolute atomic E-state index is 12.9. The van der Waals surface area contributed by atoms with E-state index < -0.39 is 58.1 Å². The molecule has 172 valence electrons. The van der Waals surface area contributed by atoms with Gasteiger partial charge in [-0.15, -0.1) is 0 Å². The SMILES string of the molecule is FC(OC(F)=C(F)C(F)(F)C(F)(F)C(F)(F)Cl)=C(F)C(F)(F)C(F)(F)C(F)(F)Cl. The predicted molar refractivity (Wildman–Crippen MR) is 61.0 cm³/mol. The largest absolute Gasteiger partial charge is 0.400 e. The monoisotopic (exact) mass is 510 g/mol. The van der Waals surface area contributed by atoms with Gasteiger partial charge >= 0.3 is 46.5 Å². The molecular weight excluding hydrogens is 511 g/mol. The molecule has 0 saturated heterocycles. The average Bonchev–Trinajstić information content (AvgIpc) is 2.50. The van der Waals surface area contributed by atoms with Crippen LogP contribution in [0.4, 0.5) is 70.2 Å². The Bertz CT molecular complexity index is 627. The number of rotatable bonds is 8. The van der Waals surface area contributed by atoms with Crippen molar-refractivity contribution in [3.05, 3.63) is 23.7 Å². The fraction of sp³-hybridized carbons (Fsp3) is 0.600. The van der Waals surface area contributed by atoms with E-state index in [9.17, 15) is 70.2 Å². The minimum Gasteiger partial charge on any atom is -0.400 e. The third kappa shape index (κ3) is 4.74. The molecule has 0 aromatic rings. The van der Waals surface area contributed by atoms with Crippen LogP contribution in [-0.4, -0.2) is 34.5 Å². The molecule has 0 heterocycles. The molecule has 0 bridgehead atoms. The summed E-state index contributed by atoms with van der Waals surface area (Å²) in [5, 5.41) is -12.6. The number of ether oxygens (including phenoxy) is 1. The zero-order valence-corrected chi connectivity index (χ0v) is 13.7. The molecule has 0 aliphatic carbocycles. The van der Waals surface area contributed by atoms with Gasteiger partial charge in [-0.25, -0.2) is 0 Å². The van der Waals surface area contributed by atoms with E-state index in [0.29, 0.717) is 0 Å². The number of allylic oxidation sites excluding steroid dienone is 2. The summed E-state index contributed by atoms with van der Waals surface area (Å²) in [5.74, 6) is -37.0. The molecular formula is C10Cl2F16O. The van der Waals surface area contributed by atoms with E-state index >= 15 is 0 Å². The van der Waals surface area contributed by atoms with Gasteiger partial charge < -0.3 is 4.74 Å². The normalized spacial score (nSPS) is 17.0. The van der Waals surface area contributed by atoms with Gasteiger partial charge in [0.1, 0.15) is 0 Å². The second-order valence-corrected chi connectivity index (χ2v) is 5.52. The Labute approximate surface area is 157 Å². The Morgan fingerprint density at radius 1 is 0.483 bits per heavy atom. The average molecular weight is 511 g/mol. The quantitative estimate of drug-likeness (QED) is 0.187. The van der Waals surface area contributed by atoms with E-state index in [0.717, 1.165) is 0 Å². The molecule has 0 aliphatic rings. The summed E-state index contributed by atoms with van der Waals surface area (Å²) in [5.41, 5.74) is 0. The first-order valence-electron chi connectivity index (χ1n) is 5.81. The molecule has 0 spiro atoms. The van der Waals surface area contributed by atoms with Crippen LogP contribution >= 0.6 is 23.2 Å². The van der Waals surface area contributed by atoms with Crippen LogP contribution in [0.15, 0.2) is 23.7 Å². The Kier molecular flexibility index (Phi) is 7.44. The Morgan fingerprint density at radius 2 is 0.690 bits per heavy atom. The van der Waals surface area contributed by atoms with E-state index in [-0.39, 0.29) is 0 Å². The maximum atomic E-state index is 12.9. The molecule has 0 aliphatic heterocycles. The minimum absolute atomic E-state index is 2.24. The number of alkyl halides is 14. The summed E-state index contributed by atoms with van der Waals surface area (Å²) in [7, 11) is 0. The van der Waals surface area contributed by atoms with Crippen molar-refractivity contribution in [1.82, 2.24) is 0 Å². The third-order valence-electron chi connectivity index (χ3n) is 2.58. The Morgan fingerprint density at radius 3 is 0.862 bits per heavy atom. The van der Waals surface area contributed by atoms with Crippen molar-refractivity contribution < 1.29 is 75.0 Å². The molecule has 29 heavy (non-hydrogen) atoms. The molecule has 0 radical (unpaired) electrons. The number of halogens is 18. The molecule has 0 fully saturated rings. The van der Waals surface area contributed by atoms with Crippen LogP contribution in [0.25, 0.3) is 0 Å². The highest BCUT2D eigenvalue weighted by Crippen LogP contribution is 2.53. The van der Waals surface area contributed by atoms with Crippen molar-refractivity contribution in [3.63, 3.8) is 0 Å². The van der Waals surface area contributed by atoms with Gasteiger partial charge in [-0.2, -0.15) is 70.2 Å². The highest BCUT2D eigenvalue weighted by Gasteiger charge is 2.75. The lowest BCUT2D eigenvalue weighted by Gasteiger charge is -2.28. The van der Waals surface area contributed by atoms with Crippen LogP contribution in [0.2, 0.25) is 0 Å². The molecule has 0 N–H and O–H groups in total. The van der Waals surface area contributed by atoms with Crippen molar-refractivity contribution in [1.29, 1.82) is 0 Å². The first kappa shape index (κ1) is 27.7. The van der Waals surface area contributed by atoms with Crippen LogP contribution in [0, 0.1) is 0 Å². The topological polar surface area (TPSA) is 9.23 Å². The smallest absolute Gasteiger partial charge is 0.393 e. The van der Waals surface area contributed by atoms with Gasteiger partial charge in [0, 0.05) is 0 Å². The van der Waals surface area contributed by atoms with E-state index in [1.54, 1.807) is 0 Å². The van der Waals surface area contributed by atoms with Crippen molar-refractivity contribution in [2.75, 3.05) is 0 Å². The van der Waals surface area contributed by atoms with Crippen LogP contribution in [0.5, 0.6) is 0 Å². The second-order valence-electron chi connectivity index (χ2n) is 4.57. The molecule has 0 amide bonds. The molecule has 0 rings (SSSR count). The van der Waals surface area contributed by atoms with Gasteiger partial charge in [-0.1, -0.05) is 0 Å². The first-order valence-corrected chi connectivity index (χ1v) is 6.57. The van der Waals surface area contributed by atoms with Crippen LogP contribution in [-0.2, 0) is 4.74 Å². The molecule has 19 heteroatoms. The second kappa shape index (κ2) is 7.77.